The number of aromatic nitrogens is 2. The maximum absolute atomic E-state index is 11.8. The van der Waals surface area contributed by atoms with Crippen LogP contribution in [0, 0.1) is 12.3 Å². The first-order chi connectivity index (χ1) is 9.13. The zero-order valence-corrected chi connectivity index (χ0v) is 11.5. The second-order valence-corrected chi connectivity index (χ2v) is 3.89. The number of hydrogen-bond donors (Lipinski definition) is 0. The third-order valence-corrected chi connectivity index (χ3v) is 2.59. The minimum absolute atomic E-state index is 0.337. The average Bonchev–Trinajstić information content (AvgIpc) is 2.76. The number of nitrogens with zero attached hydrogens (tertiary/aromatic N) is 2. The topological polar surface area (TPSA) is 44.1 Å². The molecule has 0 spiro atoms. The first kappa shape index (κ1) is 14.8. The molecule has 0 unspecified atom stereocenters. The normalized spacial score (nSPS) is 11.6. The standard InChI is InChI=1S/C15H18N2O2/c1-5-8-9-12(6-2)10-14-13(11-16-17(14)4)15(18)19-7-3/h2,5,8-9,11H,7,10H2,1,3-4H3/b8-5-,12-9+. The zero-order valence-electron chi connectivity index (χ0n) is 11.5. The second kappa shape index (κ2) is 7.22. The quantitative estimate of drug-likeness (QED) is 0.462. The molecule has 4 heteroatoms. The fourth-order valence-corrected chi connectivity index (χ4v) is 1.60. The predicted molar refractivity (Wildman–Crippen MR) is 74.6 cm³/mol. The van der Waals surface area contributed by atoms with Crippen molar-refractivity contribution in [1.29, 1.82) is 0 Å². The van der Waals surface area contributed by atoms with E-state index in [1.54, 1.807) is 18.7 Å². The largest absolute Gasteiger partial charge is 0.462 e. The van der Waals surface area contributed by atoms with Gasteiger partial charge in [-0.1, -0.05) is 24.1 Å². The van der Waals surface area contributed by atoms with Crippen LogP contribution in [0.1, 0.15) is 29.9 Å². The number of aryl methyl sites for hydroxylation is 1. The van der Waals surface area contributed by atoms with E-state index < -0.39 is 0 Å². The van der Waals surface area contributed by atoms with E-state index >= 15 is 0 Å². The van der Waals surface area contributed by atoms with Gasteiger partial charge in [-0.25, -0.2) is 4.79 Å². The molecule has 1 heterocycles. The van der Waals surface area contributed by atoms with Crippen LogP contribution in [-0.4, -0.2) is 22.4 Å². The molecule has 0 fully saturated rings. The van der Waals surface area contributed by atoms with E-state index in [0.717, 1.165) is 11.3 Å². The van der Waals surface area contributed by atoms with E-state index in [0.29, 0.717) is 18.6 Å². The number of carbonyl (C=O) groups excluding carboxylic acids is 1. The molecule has 4 nitrogen and oxygen atoms in total. The number of esters is 1. The van der Waals surface area contributed by atoms with Crippen molar-refractivity contribution in [1.82, 2.24) is 9.78 Å². The Labute approximate surface area is 113 Å². The molecule has 1 aromatic rings. The van der Waals surface area contributed by atoms with Crippen LogP contribution in [0.5, 0.6) is 0 Å². The average molecular weight is 258 g/mol. The van der Waals surface area contributed by atoms with Crippen molar-refractivity contribution in [2.45, 2.75) is 20.3 Å². The number of carbonyl (C=O) groups is 1. The molecule has 1 aromatic heterocycles. The second-order valence-electron chi connectivity index (χ2n) is 3.89. The van der Waals surface area contributed by atoms with Crippen LogP contribution in [0.25, 0.3) is 0 Å². The SMILES string of the molecule is C#C/C(=C\C=C/C)Cc1c(C(=O)OCC)cnn1C. The first-order valence-electron chi connectivity index (χ1n) is 6.10. The van der Waals surface area contributed by atoms with E-state index in [4.69, 9.17) is 11.2 Å². The Balaban J connectivity index is 3.04. The molecule has 0 atom stereocenters. The molecule has 0 radical (unpaired) electrons. The monoisotopic (exact) mass is 258 g/mol. The van der Waals surface area contributed by atoms with Gasteiger partial charge in [-0.2, -0.15) is 5.10 Å². The van der Waals surface area contributed by atoms with Gasteiger partial charge in [0.25, 0.3) is 0 Å². The Bertz CT molecular complexity index is 545. The van der Waals surface area contributed by atoms with E-state index in [-0.39, 0.29) is 5.97 Å². The van der Waals surface area contributed by atoms with Gasteiger partial charge in [-0.15, -0.1) is 6.42 Å². The van der Waals surface area contributed by atoms with Crippen LogP contribution in [0.15, 0.2) is 30.0 Å². The lowest BCUT2D eigenvalue weighted by Gasteiger charge is -2.05. The fraction of sp³-hybridized carbons (Fsp3) is 0.333. The van der Waals surface area contributed by atoms with Crippen LogP contribution in [0.3, 0.4) is 0 Å². The van der Waals surface area contributed by atoms with Crippen molar-refractivity contribution in [3.05, 3.63) is 41.3 Å². The highest BCUT2D eigenvalue weighted by atomic mass is 16.5. The molecule has 100 valence electrons. The summed E-state index contributed by atoms with van der Waals surface area (Å²) in [6, 6.07) is 0. The highest BCUT2D eigenvalue weighted by Gasteiger charge is 2.17. The molecule has 0 aliphatic carbocycles. The van der Waals surface area contributed by atoms with E-state index in [1.165, 1.54) is 6.20 Å². The van der Waals surface area contributed by atoms with Gasteiger partial charge in [-0.3, -0.25) is 4.68 Å². The predicted octanol–water partition coefficient (Wildman–Crippen LogP) is 2.28. The molecule has 0 saturated carbocycles. The molecule has 0 aliphatic rings. The Morgan fingerprint density at radius 3 is 2.95 bits per heavy atom. The zero-order chi connectivity index (χ0) is 14.3. The summed E-state index contributed by atoms with van der Waals surface area (Å²) in [7, 11) is 1.78. The van der Waals surface area contributed by atoms with Gasteiger partial charge in [0.2, 0.25) is 0 Å². The molecule has 1 rings (SSSR count). The highest BCUT2D eigenvalue weighted by Crippen LogP contribution is 2.14. The van der Waals surface area contributed by atoms with Gasteiger partial charge in [0, 0.05) is 19.0 Å². The Kier molecular flexibility index (Phi) is 5.62. The minimum atomic E-state index is -0.368. The van der Waals surface area contributed by atoms with E-state index in [1.807, 2.05) is 25.2 Å². The van der Waals surface area contributed by atoms with Crippen molar-refractivity contribution in [2.75, 3.05) is 6.61 Å². The van der Waals surface area contributed by atoms with Crippen LogP contribution < -0.4 is 0 Å². The van der Waals surface area contributed by atoms with Crippen molar-refractivity contribution in [3.63, 3.8) is 0 Å². The van der Waals surface area contributed by atoms with Gasteiger partial charge in [0.1, 0.15) is 5.56 Å². The maximum Gasteiger partial charge on any atom is 0.341 e. The lowest BCUT2D eigenvalue weighted by Crippen LogP contribution is -2.09. The van der Waals surface area contributed by atoms with Gasteiger partial charge in [0.05, 0.1) is 18.5 Å². The van der Waals surface area contributed by atoms with Crippen molar-refractivity contribution in [2.24, 2.45) is 7.05 Å². The molecule has 0 aliphatic heterocycles. The van der Waals surface area contributed by atoms with Crippen LogP contribution in [0.4, 0.5) is 0 Å². The Hall–Kier alpha value is -2.28. The molecular weight excluding hydrogens is 240 g/mol. The van der Waals surface area contributed by atoms with Crippen molar-refractivity contribution >= 4 is 5.97 Å². The number of rotatable bonds is 5. The number of hydrogen-bond acceptors (Lipinski definition) is 3. The third kappa shape index (κ3) is 3.85. The smallest absolute Gasteiger partial charge is 0.341 e. The van der Waals surface area contributed by atoms with Crippen LogP contribution in [-0.2, 0) is 18.2 Å². The molecule has 0 saturated heterocycles. The summed E-state index contributed by atoms with van der Waals surface area (Å²) >= 11 is 0. The van der Waals surface area contributed by atoms with E-state index in [2.05, 4.69) is 11.0 Å². The van der Waals surface area contributed by atoms with Crippen molar-refractivity contribution in [3.8, 4) is 12.3 Å². The molecule has 0 aromatic carbocycles. The molecule has 0 amide bonds. The summed E-state index contributed by atoms with van der Waals surface area (Å²) in [5.41, 5.74) is 2.00. The molecular formula is C15H18N2O2. The number of allylic oxidation sites excluding steroid dienone is 4. The lowest BCUT2D eigenvalue weighted by atomic mass is 10.1. The Morgan fingerprint density at radius 2 is 2.37 bits per heavy atom. The molecule has 0 N–H and O–H groups in total. The maximum atomic E-state index is 11.8. The van der Waals surface area contributed by atoms with Crippen LogP contribution >= 0.6 is 0 Å². The summed E-state index contributed by atoms with van der Waals surface area (Å²) in [5.74, 6) is 2.25. The molecule has 0 bridgehead atoms. The Morgan fingerprint density at radius 1 is 1.63 bits per heavy atom. The van der Waals surface area contributed by atoms with E-state index in [9.17, 15) is 4.79 Å². The minimum Gasteiger partial charge on any atom is -0.462 e. The molecule has 19 heavy (non-hydrogen) atoms. The van der Waals surface area contributed by atoms with Crippen LogP contribution in [0.2, 0.25) is 0 Å². The fourth-order valence-electron chi connectivity index (χ4n) is 1.60. The summed E-state index contributed by atoms with van der Waals surface area (Å²) < 4.78 is 6.65. The van der Waals surface area contributed by atoms with Crippen molar-refractivity contribution < 1.29 is 9.53 Å². The van der Waals surface area contributed by atoms with Gasteiger partial charge < -0.3 is 4.74 Å². The van der Waals surface area contributed by atoms with Gasteiger partial charge in [-0.05, 0) is 13.8 Å². The number of terminal acetylenes is 1. The van der Waals surface area contributed by atoms with Gasteiger partial charge >= 0.3 is 5.97 Å². The third-order valence-electron chi connectivity index (χ3n) is 2.59. The summed E-state index contributed by atoms with van der Waals surface area (Å²) in [6.45, 7) is 4.02. The summed E-state index contributed by atoms with van der Waals surface area (Å²) in [4.78, 5) is 11.8. The summed E-state index contributed by atoms with van der Waals surface area (Å²) in [6.07, 6.45) is 13.1. The van der Waals surface area contributed by atoms with Gasteiger partial charge in [0.15, 0.2) is 0 Å². The summed E-state index contributed by atoms with van der Waals surface area (Å²) in [5, 5.41) is 4.09. The first-order valence-corrected chi connectivity index (χ1v) is 6.10. The number of ether oxygens (including phenoxy) is 1. The highest BCUT2D eigenvalue weighted by molar-refractivity contribution is 5.90. The lowest BCUT2D eigenvalue weighted by molar-refractivity contribution is 0.0525.